The van der Waals surface area contributed by atoms with E-state index in [1.165, 1.54) is 28.9 Å². The van der Waals surface area contributed by atoms with Crippen LogP contribution < -0.4 is 10.9 Å². The Morgan fingerprint density at radius 3 is 2.80 bits per heavy atom. The highest BCUT2D eigenvalue weighted by Crippen LogP contribution is 2.38. The number of halogens is 1. The van der Waals surface area contributed by atoms with E-state index in [1.54, 1.807) is 6.07 Å². The fraction of sp³-hybridized carbons (Fsp3) is 0.312. The van der Waals surface area contributed by atoms with E-state index in [0.717, 1.165) is 18.5 Å². The van der Waals surface area contributed by atoms with Crippen molar-refractivity contribution < 1.29 is 9.72 Å². The van der Waals surface area contributed by atoms with E-state index in [2.05, 4.69) is 10.4 Å². The van der Waals surface area contributed by atoms with E-state index >= 15 is 0 Å². The van der Waals surface area contributed by atoms with Crippen molar-refractivity contribution in [3.8, 4) is 0 Å². The largest absolute Gasteiger partial charge is 0.350 e. The molecule has 1 saturated carbocycles. The Morgan fingerprint density at radius 1 is 1.36 bits per heavy atom. The van der Waals surface area contributed by atoms with Gasteiger partial charge in [-0.05, 0) is 31.0 Å². The zero-order chi connectivity index (χ0) is 18.0. The van der Waals surface area contributed by atoms with Crippen molar-refractivity contribution in [2.24, 2.45) is 0 Å². The molecule has 1 N–H and O–H groups in total. The van der Waals surface area contributed by atoms with Gasteiger partial charge in [0.25, 0.3) is 17.2 Å². The van der Waals surface area contributed by atoms with Gasteiger partial charge in [0.05, 0.1) is 17.2 Å². The van der Waals surface area contributed by atoms with Crippen LogP contribution in [0.1, 0.15) is 34.8 Å². The van der Waals surface area contributed by atoms with Gasteiger partial charge in [-0.1, -0.05) is 11.6 Å². The lowest BCUT2D eigenvalue weighted by Gasteiger charge is -2.08. The highest BCUT2D eigenvalue weighted by molar-refractivity contribution is 6.31. The molecule has 8 nitrogen and oxygen atoms in total. The first-order valence-electron chi connectivity index (χ1n) is 7.76. The second-order valence-electron chi connectivity index (χ2n) is 5.77. The lowest BCUT2D eigenvalue weighted by atomic mass is 10.1. The van der Waals surface area contributed by atoms with Crippen LogP contribution in [-0.4, -0.2) is 27.2 Å². The van der Waals surface area contributed by atoms with Crippen molar-refractivity contribution in [3.05, 3.63) is 67.1 Å². The van der Waals surface area contributed by atoms with Gasteiger partial charge in [-0.15, -0.1) is 0 Å². The number of amides is 1. The van der Waals surface area contributed by atoms with Crippen molar-refractivity contribution in [3.63, 3.8) is 0 Å². The first-order chi connectivity index (χ1) is 12.0. The minimum Gasteiger partial charge on any atom is -0.350 e. The molecule has 1 aliphatic rings. The minimum absolute atomic E-state index is 0.115. The summed E-state index contributed by atoms with van der Waals surface area (Å²) in [5.74, 6) is -0.212. The average molecular weight is 363 g/mol. The van der Waals surface area contributed by atoms with Crippen LogP contribution in [0.5, 0.6) is 0 Å². The van der Waals surface area contributed by atoms with Gasteiger partial charge in [-0.25, -0.2) is 4.68 Å². The summed E-state index contributed by atoms with van der Waals surface area (Å²) < 4.78 is 1.29. The summed E-state index contributed by atoms with van der Waals surface area (Å²) in [6.07, 6.45) is 2.14. The van der Waals surface area contributed by atoms with Crippen LogP contribution in [-0.2, 0) is 6.54 Å². The van der Waals surface area contributed by atoms with Crippen LogP contribution in [0.3, 0.4) is 0 Å². The SMILES string of the molecule is O=C(NCCn1nc(C2CC2)ccc1=O)c1cc(Cl)ccc1[N+](=O)[O-]. The molecule has 1 amide bonds. The van der Waals surface area contributed by atoms with Crippen LogP contribution in [0.2, 0.25) is 5.02 Å². The Kier molecular flexibility index (Phi) is 4.80. The molecule has 3 rings (SSSR count). The Hall–Kier alpha value is -2.74. The minimum atomic E-state index is -0.642. The molecule has 0 spiro atoms. The molecule has 0 saturated heterocycles. The van der Waals surface area contributed by atoms with E-state index in [-0.39, 0.29) is 34.9 Å². The van der Waals surface area contributed by atoms with E-state index in [0.29, 0.717) is 5.92 Å². The highest BCUT2D eigenvalue weighted by Gasteiger charge is 2.25. The molecular weight excluding hydrogens is 348 g/mol. The van der Waals surface area contributed by atoms with Crippen molar-refractivity contribution in [1.29, 1.82) is 0 Å². The van der Waals surface area contributed by atoms with Gasteiger partial charge in [0.2, 0.25) is 0 Å². The van der Waals surface area contributed by atoms with Gasteiger partial charge in [0.15, 0.2) is 0 Å². The normalized spacial score (nSPS) is 13.5. The van der Waals surface area contributed by atoms with Crippen LogP contribution in [0, 0.1) is 10.1 Å². The van der Waals surface area contributed by atoms with Crippen molar-refractivity contribution in [2.45, 2.75) is 25.3 Å². The van der Waals surface area contributed by atoms with E-state index in [1.807, 2.05) is 0 Å². The number of rotatable bonds is 6. The predicted octanol–water partition coefficient (Wildman–Crippen LogP) is 2.11. The topological polar surface area (TPSA) is 107 Å². The number of carbonyl (C=O) groups excluding carboxylic acids is 1. The van der Waals surface area contributed by atoms with Crippen LogP contribution >= 0.6 is 11.6 Å². The van der Waals surface area contributed by atoms with Gasteiger partial charge in [0, 0.05) is 29.6 Å². The Labute approximate surface area is 147 Å². The molecule has 1 fully saturated rings. The second-order valence-corrected chi connectivity index (χ2v) is 6.20. The lowest BCUT2D eigenvalue weighted by molar-refractivity contribution is -0.385. The second kappa shape index (κ2) is 7.02. The summed E-state index contributed by atoms with van der Waals surface area (Å²) in [4.78, 5) is 34.4. The van der Waals surface area contributed by atoms with Gasteiger partial charge >= 0.3 is 0 Å². The quantitative estimate of drug-likeness (QED) is 0.625. The number of hydrogen-bond donors (Lipinski definition) is 1. The lowest BCUT2D eigenvalue weighted by Crippen LogP contribution is -2.32. The summed E-state index contributed by atoms with van der Waals surface area (Å²) in [5.41, 5.74) is 0.168. The molecule has 9 heteroatoms. The molecule has 1 aliphatic carbocycles. The molecule has 2 aromatic rings. The average Bonchev–Trinajstić information content (AvgIpc) is 3.41. The molecular formula is C16H15ClN4O4. The van der Waals surface area contributed by atoms with E-state index in [4.69, 9.17) is 11.6 Å². The number of nitro benzene ring substituents is 1. The first-order valence-corrected chi connectivity index (χ1v) is 8.13. The first kappa shape index (κ1) is 17.1. The molecule has 0 atom stereocenters. The number of hydrogen-bond acceptors (Lipinski definition) is 5. The van der Waals surface area contributed by atoms with Crippen LogP contribution in [0.25, 0.3) is 0 Å². The van der Waals surface area contributed by atoms with Crippen molar-refractivity contribution in [1.82, 2.24) is 15.1 Å². The molecule has 0 bridgehead atoms. The van der Waals surface area contributed by atoms with E-state index < -0.39 is 10.8 Å². The predicted molar refractivity (Wildman–Crippen MR) is 90.9 cm³/mol. The maximum Gasteiger partial charge on any atom is 0.282 e. The van der Waals surface area contributed by atoms with E-state index in [9.17, 15) is 19.7 Å². The molecule has 1 aromatic carbocycles. The molecule has 0 aliphatic heterocycles. The third-order valence-corrected chi connectivity index (χ3v) is 4.13. The van der Waals surface area contributed by atoms with Crippen LogP contribution in [0.4, 0.5) is 5.69 Å². The summed E-state index contributed by atoms with van der Waals surface area (Å²) in [7, 11) is 0. The zero-order valence-corrected chi connectivity index (χ0v) is 13.9. The maximum absolute atomic E-state index is 12.2. The number of nitrogens with zero attached hydrogens (tertiary/aromatic N) is 3. The number of nitrogens with one attached hydrogen (secondary N) is 1. The maximum atomic E-state index is 12.2. The third-order valence-electron chi connectivity index (χ3n) is 3.89. The molecule has 0 radical (unpaired) electrons. The number of nitro groups is 1. The van der Waals surface area contributed by atoms with Gasteiger partial charge < -0.3 is 5.32 Å². The molecule has 25 heavy (non-hydrogen) atoms. The number of benzene rings is 1. The summed E-state index contributed by atoms with van der Waals surface area (Å²) in [5, 5.41) is 18.1. The van der Waals surface area contributed by atoms with Gasteiger partial charge in [-0.3, -0.25) is 19.7 Å². The highest BCUT2D eigenvalue weighted by atomic mass is 35.5. The zero-order valence-electron chi connectivity index (χ0n) is 13.1. The fourth-order valence-corrected chi connectivity index (χ4v) is 2.61. The summed E-state index contributed by atoms with van der Waals surface area (Å²) in [6, 6.07) is 6.97. The monoisotopic (exact) mass is 362 g/mol. The summed E-state index contributed by atoms with van der Waals surface area (Å²) in [6.45, 7) is 0.295. The van der Waals surface area contributed by atoms with Crippen LogP contribution in [0.15, 0.2) is 35.1 Å². The number of carbonyl (C=O) groups is 1. The molecule has 1 heterocycles. The third kappa shape index (κ3) is 4.03. The standard InChI is InChI=1S/C16H15ClN4O4/c17-11-3-5-14(21(24)25)12(9-11)16(23)18-7-8-20-15(22)6-4-13(19-20)10-1-2-10/h3-6,9-10H,1-2,7-8H2,(H,18,23). The molecule has 0 unspecified atom stereocenters. The van der Waals surface area contributed by atoms with Crippen molar-refractivity contribution >= 4 is 23.2 Å². The number of aromatic nitrogens is 2. The van der Waals surface area contributed by atoms with Gasteiger partial charge in [-0.2, -0.15) is 5.10 Å². The smallest absolute Gasteiger partial charge is 0.282 e. The fourth-order valence-electron chi connectivity index (χ4n) is 2.44. The molecule has 130 valence electrons. The Balaban J connectivity index is 1.67. The molecule has 1 aromatic heterocycles. The van der Waals surface area contributed by atoms with Gasteiger partial charge in [0.1, 0.15) is 5.56 Å². The Bertz CT molecular complexity index is 892. The summed E-state index contributed by atoms with van der Waals surface area (Å²) >= 11 is 5.81. The van der Waals surface area contributed by atoms with Crippen molar-refractivity contribution in [2.75, 3.05) is 6.54 Å². The Morgan fingerprint density at radius 2 is 2.12 bits per heavy atom.